The van der Waals surface area contributed by atoms with E-state index in [1.165, 1.54) is 29.8 Å². The van der Waals surface area contributed by atoms with Crippen LogP contribution in [0, 0.1) is 0 Å². The Morgan fingerprint density at radius 1 is 0.938 bits per heavy atom. The molecule has 0 bridgehead atoms. The van der Waals surface area contributed by atoms with E-state index in [9.17, 15) is 13.2 Å². The van der Waals surface area contributed by atoms with E-state index in [2.05, 4.69) is 14.6 Å². The molecule has 1 aliphatic rings. The highest BCUT2D eigenvalue weighted by Gasteiger charge is 2.25. The van der Waals surface area contributed by atoms with Gasteiger partial charge in [0.05, 0.1) is 16.1 Å². The number of para-hydroxylation sites is 1. The van der Waals surface area contributed by atoms with E-state index in [0.29, 0.717) is 23.7 Å². The molecule has 0 radical (unpaired) electrons. The number of amides is 1. The number of anilines is 1. The molecule has 32 heavy (non-hydrogen) atoms. The first-order valence-corrected chi connectivity index (χ1v) is 12.1. The molecule has 0 atom stereocenters. The van der Waals surface area contributed by atoms with Gasteiger partial charge in [0.2, 0.25) is 0 Å². The maximum Gasteiger partial charge on any atom is 0.261 e. The fraction of sp³-hybridized carbons (Fsp3) is 0.217. The lowest BCUT2D eigenvalue weighted by Gasteiger charge is -2.35. The number of carbonyl (C=O) groups excluding carboxylic acids is 1. The number of rotatable bonds is 6. The van der Waals surface area contributed by atoms with Crippen LogP contribution in [0.5, 0.6) is 0 Å². The number of piperazine rings is 1. The molecule has 0 unspecified atom stereocenters. The van der Waals surface area contributed by atoms with Crippen LogP contribution in [-0.2, 0) is 16.6 Å². The minimum absolute atomic E-state index is 0.0777. The number of aromatic nitrogens is 1. The molecule has 0 saturated carbocycles. The Labute approximate surface area is 192 Å². The zero-order valence-corrected chi connectivity index (χ0v) is 18.9. The average molecular weight is 471 g/mol. The van der Waals surface area contributed by atoms with Crippen molar-refractivity contribution in [3.8, 4) is 0 Å². The van der Waals surface area contributed by atoms with Crippen LogP contribution >= 0.6 is 11.6 Å². The number of nitrogens with zero attached hydrogens (tertiary/aromatic N) is 3. The van der Waals surface area contributed by atoms with Gasteiger partial charge in [0.25, 0.3) is 15.9 Å². The van der Waals surface area contributed by atoms with Gasteiger partial charge in [0.1, 0.15) is 0 Å². The van der Waals surface area contributed by atoms with Crippen molar-refractivity contribution in [1.29, 1.82) is 0 Å². The van der Waals surface area contributed by atoms with Crippen molar-refractivity contribution >= 4 is 33.2 Å². The van der Waals surface area contributed by atoms with Crippen LogP contribution in [0.2, 0.25) is 5.02 Å². The predicted molar refractivity (Wildman–Crippen MR) is 124 cm³/mol. The van der Waals surface area contributed by atoms with Crippen LogP contribution in [0.4, 0.5) is 5.69 Å². The lowest BCUT2D eigenvalue weighted by molar-refractivity contribution is 0.0629. The Morgan fingerprint density at radius 2 is 1.59 bits per heavy atom. The molecule has 1 aromatic heterocycles. The Hall–Kier alpha value is -2.94. The van der Waals surface area contributed by atoms with Crippen molar-refractivity contribution in [1.82, 2.24) is 14.8 Å². The summed E-state index contributed by atoms with van der Waals surface area (Å²) in [5.41, 5.74) is 1.76. The summed E-state index contributed by atoms with van der Waals surface area (Å²) in [6, 6.07) is 16.5. The van der Waals surface area contributed by atoms with E-state index in [4.69, 9.17) is 11.6 Å². The molecule has 1 saturated heterocycles. The number of nitrogens with one attached hydrogen (secondary N) is 1. The molecule has 7 nitrogen and oxygen atoms in total. The van der Waals surface area contributed by atoms with Crippen molar-refractivity contribution in [2.45, 2.75) is 11.4 Å². The van der Waals surface area contributed by atoms with Crippen LogP contribution in [-0.4, -0.2) is 55.3 Å². The van der Waals surface area contributed by atoms with Crippen LogP contribution in [0.1, 0.15) is 15.9 Å². The number of hydrogen-bond donors (Lipinski definition) is 1. The fourth-order valence-electron chi connectivity index (χ4n) is 3.60. The number of sulfonamides is 1. The first-order valence-electron chi connectivity index (χ1n) is 10.2. The SMILES string of the molecule is O=C(c1ccccc1NS(=O)(=O)c1ccc(Cl)cc1)N1CCN(Cc2ccncc2)CC1. The maximum atomic E-state index is 13.2. The minimum atomic E-state index is -3.85. The summed E-state index contributed by atoms with van der Waals surface area (Å²) in [6.07, 6.45) is 3.55. The second-order valence-corrected chi connectivity index (χ2v) is 9.65. The third-order valence-electron chi connectivity index (χ3n) is 5.34. The standard InChI is InChI=1S/C23H23ClN4O3S/c24-19-5-7-20(8-6-19)32(30,31)26-22-4-2-1-3-21(22)23(29)28-15-13-27(14-16-28)17-18-9-11-25-12-10-18/h1-12,26H,13-17H2. The lowest BCUT2D eigenvalue weighted by atomic mass is 10.1. The molecular formula is C23H23ClN4O3S. The predicted octanol–water partition coefficient (Wildman–Crippen LogP) is 3.49. The first-order chi connectivity index (χ1) is 15.4. The zero-order valence-electron chi connectivity index (χ0n) is 17.3. The van der Waals surface area contributed by atoms with Gasteiger partial charge in [-0.25, -0.2) is 8.42 Å². The van der Waals surface area contributed by atoms with Gasteiger partial charge < -0.3 is 4.90 Å². The topological polar surface area (TPSA) is 82.6 Å². The highest BCUT2D eigenvalue weighted by Crippen LogP contribution is 2.23. The Balaban J connectivity index is 1.44. The van der Waals surface area contributed by atoms with Crippen molar-refractivity contribution in [2.24, 2.45) is 0 Å². The highest BCUT2D eigenvalue weighted by molar-refractivity contribution is 7.92. The van der Waals surface area contributed by atoms with Crippen molar-refractivity contribution in [3.63, 3.8) is 0 Å². The lowest BCUT2D eigenvalue weighted by Crippen LogP contribution is -2.48. The third-order valence-corrected chi connectivity index (χ3v) is 6.97. The summed E-state index contributed by atoms with van der Waals surface area (Å²) in [5, 5.41) is 0.447. The molecule has 3 aromatic rings. The van der Waals surface area contributed by atoms with E-state index < -0.39 is 10.0 Å². The summed E-state index contributed by atoms with van der Waals surface area (Å²) in [7, 11) is -3.85. The molecule has 2 heterocycles. The van der Waals surface area contributed by atoms with Gasteiger partial charge in [-0.2, -0.15) is 0 Å². The maximum absolute atomic E-state index is 13.2. The molecule has 0 spiro atoms. The molecule has 1 aliphatic heterocycles. The van der Waals surface area contributed by atoms with Crippen molar-refractivity contribution in [3.05, 3.63) is 89.2 Å². The summed E-state index contributed by atoms with van der Waals surface area (Å²) in [6.45, 7) is 3.44. The minimum Gasteiger partial charge on any atom is -0.336 e. The zero-order chi connectivity index (χ0) is 22.6. The largest absolute Gasteiger partial charge is 0.336 e. The van der Waals surface area contributed by atoms with Gasteiger partial charge in [-0.1, -0.05) is 23.7 Å². The van der Waals surface area contributed by atoms with Gasteiger partial charge in [-0.05, 0) is 54.1 Å². The van der Waals surface area contributed by atoms with Crippen LogP contribution in [0.15, 0.2) is 78.0 Å². The molecule has 2 aromatic carbocycles. The van der Waals surface area contributed by atoms with Crippen LogP contribution in [0.3, 0.4) is 0 Å². The smallest absolute Gasteiger partial charge is 0.261 e. The average Bonchev–Trinajstić information content (AvgIpc) is 2.80. The number of benzene rings is 2. The molecule has 9 heteroatoms. The first kappa shape index (κ1) is 22.3. The number of halogens is 1. The summed E-state index contributed by atoms with van der Waals surface area (Å²) < 4.78 is 28.1. The summed E-state index contributed by atoms with van der Waals surface area (Å²) >= 11 is 5.86. The fourth-order valence-corrected chi connectivity index (χ4v) is 4.81. The van der Waals surface area contributed by atoms with Gasteiger partial charge in [-0.15, -0.1) is 0 Å². The molecule has 4 rings (SSSR count). The Kier molecular flexibility index (Phi) is 6.74. The van der Waals surface area contributed by atoms with E-state index in [1.807, 2.05) is 12.1 Å². The van der Waals surface area contributed by atoms with Crippen LogP contribution in [0.25, 0.3) is 0 Å². The monoisotopic (exact) mass is 470 g/mol. The summed E-state index contributed by atoms with van der Waals surface area (Å²) in [5.74, 6) is -0.192. The van der Waals surface area contributed by atoms with E-state index >= 15 is 0 Å². The number of pyridine rings is 1. The normalized spacial score (nSPS) is 14.8. The third kappa shape index (κ3) is 5.27. The van der Waals surface area contributed by atoms with Crippen molar-refractivity contribution in [2.75, 3.05) is 30.9 Å². The molecule has 0 aliphatic carbocycles. The molecule has 1 N–H and O–H groups in total. The van der Waals surface area contributed by atoms with Gasteiger partial charge in [-0.3, -0.25) is 19.4 Å². The number of carbonyl (C=O) groups is 1. The van der Waals surface area contributed by atoms with Gasteiger partial charge in [0.15, 0.2) is 0 Å². The van der Waals surface area contributed by atoms with Crippen LogP contribution < -0.4 is 4.72 Å². The Morgan fingerprint density at radius 3 is 2.28 bits per heavy atom. The summed E-state index contributed by atoms with van der Waals surface area (Å²) in [4.78, 5) is 21.4. The van der Waals surface area contributed by atoms with Gasteiger partial charge in [0, 0.05) is 50.1 Å². The second kappa shape index (κ2) is 9.68. The highest BCUT2D eigenvalue weighted by atomic mass is 35.5. The number of hydrogen-bond acceptors (Lipinski definition) is 5. The molecular weight excluding hydrogens is 448 g/mol. The quantitative estimate of drug-likeness (QED) is 0.596. The van der Waals surface area contributed by atoms with Crippen molar-refractivity contribution < 1.29 is 13.2 Å². The van der Waals surface area contributed by atoms with E-state index in [-0.39, 0.29) is 16.5 Å². The van der Waals surface area contributed by atoms with E-state index in [1.54, 1.807) is 41.6 Å². The Bertz CT molecular complexity index is 1180. The molecule has 1 amide bonds. The van der Waals surface area contributed by atoms with E-state index in [0.717, 1.165) is 19.6 Å². The second-order valence-electron chi connectivity index (χ2n) is 7.53. The molecule has 166 valence electrons. The van der Waals surface area contributed by atoms with Gasteiger partial charge >= 0.3 is 0 Å². The molecule has 1 fully saturated rings.